The van der Waals surface area contributed by atoms with Gasteiger partial charge in [-0.2, -0.15) is 0 Å². The molecule has 1 aromatic carbocycles. The molecular weight excluding hydrogens is 300 g/mol. The predicted molar refractivity (Wildman–Crippen MR) is 85.3 cm³/mol. The van der Waals surface area contributed by atoms with Crippen LogP contribution in [0, 0.1) is 6.92 Å². The lowest BCUT2D eigenvalue weighted by molar-refractivity contribution is -0.118. The molecule has 2 N–H and O–H groups in total. The molecule has 114 valence electrons. The quantitative estimate of drug-likeness (QED) is 0.729. The van der Waals surface area contributed by atoms with E-state index in [1.165, 1.54) is 11.8 Å². The standard InChI is InChI=1S/C15H16N4O2S/c1-10-6-11(21-19-10)7-16-15(20)9-22-8-14-17-12-4-2-3-5-13(12)18-14/h2-6H,7-9H2,1H3,(H,16,20)(H,17,18). The molecule has 0 aliphatic rings. The lowest BCUT2D eigenvalue weighted by Crippen LogP contribution is -2.24. The van der Waals surface area contributed by atoms with Crippen molar-refractivity contribution in [1.29, 1.82) is 0 Å². The summed E-state index contributed by atoms with van der Waals surface area (Å²) in [7, 11) is 0. The Morgan fingerprint density at radius 1 is 1.41 bits per heavy atom. The van der Waals surface area contributed by atoms with Crippen LogP contribution < -0.4 is 5.32 Å². The summed E-state index contributed by atoms with van der Waals surface area (Å²) in [5.41, 5.74) is 2.77. The highest BCUT2D eigenvalue weighted by Gasteiger charge is 2.07. The van der Waals surface area contributed by atoms with Gasteiger partial charge in [-0.25, -0.2) is 4.98 Å². The number of nitrogens with zero attached hydrogens (tertiary/aromatic N) is 2. The van der Waals surface area contributed by atoms with Crippen LogP contribution >= 0.6 is 11.8 Å². The number of hydrogen-bond donors (Lipinski definition) is 2. The van der Waals surface area contributed by atoms with Crippen LogP contribution in [0.5, 0.6) is 0 Å². The zero-order valence-electron chi connectivity index (χ0n) is 12.1. The van der Waals surface area contributed by atoms with E-state index >= 15 is 0 Å². The smallest absolute Gasteiger partial charge is 0.230 e. The highest BCUT2D eigenvalue weighted by Crippen LogP contribution is 2.14. The van der Waals surface area contributed by atoms with Gasteiger partial charge in [0.2, 0.25) is 5.91 Å². The minimum atomic E-state index is -0.0323. The molecule has 7 heteroatoms. The molecule has 2 heterocycles. The first-order chi connectivity index (χ1) is 10.7. The number of carbonyl (C=O) groups is 1. The number of carbonyl (C=O) groups excluding carboxylic acids is 1. The normalized spacial score (nSPS) is 11.0. The average Bonchev–Trinajstić information content (AvgIpc) is 3.10. The number of aromatic amines is 1. The van der Waals surface area contributed by atoms with Crippen LogP contribution in [-0.2, 0) is 17.1 Å². The molecule has 1 amide bonds. The van der Waals surface area contributed by atoms with Gasteiger partial charge in [-0.05, 0) is 19.1 Å². The van der Waals surface area contributed by atoms with Gasteiger partial charge in [-0.3, -0.25) is 4.79 Å². The van der Waals surface area contributed by atoms with Crippen molar-refractivity contribution in [3.8, 4) is 0 Å². The second kappa shape index (κ2) is 6.65. The summed E-state index contributed by atoms with van der Waals surface area (Å²) in [6, 6.07) is 9.69. The maximum absolute atomic E-state index is 11.8. The molecule has 0 aliphatic heterocycles. The molecule has 0 aliphatic carbocycles. The third kappa shape index (κ3) is 3.67. The summed E-state index contributed by atoms with van der Waals surface area (Å²) in [6.07, 6.45) is 0. The first-order valence-electron chi connectivity index (χ1n) is 6.91. The number of nitrogens with one attached hydrogen (secondary N) is 2. The third-order valence-electron chi connectivity index (χ3n) is 3.05. The first kappa shape index (κ1) is 14.6. The van der Waals surface area contributed by atoms with Crippen LogP contribution in [0.15, 0.2) is 34.9 Å². The SMILES string of the molecule is Cc1cc(CNC(=O)CSCc2nc3ccccc3[nH]2)on1. The zero-order chi connectivity index (χ0) is 15.4. The van der Waals surface area contributed by atoms with E-state index in [0.29, 0.717) is 23.8 Å². The number of aryl methyl sites for hydroxylation is 1. The number of hydrogen-bond acceptors (Lipinski definition) is 5. The van der Waals surface area contributed by atoms with Gasteiger partial charge >= 0.3 is 0 Å². The minimum absolute atomic E-state index is 0.0323. The first-order valence-corrected chi connectivity index (χ1v) is 8.06. The molecule has 22 heavy (non-hydrogen) atoms. The Morgan fingerprint density at radius 3 is 3.05 bits per heavy atom. The fourth-order valence-electron chi connectivity index (χ4n) is 2.05. The highest BCUT2D eigenvalue weighted by atomic mass is 32.2. The topological polar surface area (TPSA) is 83.8 Å². The molecule has 0 saturated heterocycles. The molecule has 0 saturated carbocycles. The van der Waals surface area contributed by atoms with Gasteiger partial charge in [0.25, 0.3) is 0 Å². The fraction of sp³-hybridized carbons (Fsp3) is 0.267. The lowest BCUT2D eigenvalue weighted by Gasteiger charge is -2.01. The fourth-order valence-corrected chi connectivity index (χ4v) is 2.77. The van der Waals surface area contributed by atoms with Gasteiger partial charge in [-0.1, -0.05) is 17.3 Å². The van der Waals surface area contributed by atoms with Gasteiger partial charge in [0.05, 0.1) is 34.8 Å². The Kier molecular flexibility index (Phi) is 4.43. The number of rotatable bonds is 6. The van der Waals surface area contributed by atoms with Crippen molar-refractivity contribution < 1.29 is 9.32 Å². The van der Waals surface area contributed by atoms with Crippen molar-refractivity contribution in [2.45, 2.75) is 19.2 Å². The van der Waals surface area contributed by atoms with Crippen molar-refractivity contribution in [1.82, 2.24) is 20.4 Å². The van der Waals surface area contributed by atoms with E-state index in [1.54, 1.807) is 0 Å². The Labute approximate surface area is 131 Å². The average molecular weight is 316 g/mol. The van der Waals surface area contributed by atoms with Gasteiger partial charge in [0.15, 0.2) is 5.76 Å². The van der Waals surface area contributed by atoms with Crippen LogP contribution in [0.4, 0.5) is 0 Å². The molecule has 3 rings (SSSR count). The number of fused-ring (bicyclic) bond motifs is 1. The van der Waals surface area contributed by atoms with Gasteiger partial charge < -0.3 is 14.8 Å². The van der Waals surface area contributed by atoms with E-state index in [-0.39, 0.29) is 5.91 Å². The maximum atomic E-state index is 11.8. The number of imidazole rings is 1. The number of thioether (sulfide) groups is 1. The summed E-state index contributed by atoms with van der Waals surface area (Å²) < 4.78 is 5.04. The summed E-state index contributed by atoms with van der Waals surface area (Å²) in [5, 5.41) is 6.57. The van der Waals surface area contributed by atoms with E-state index in [0.717, 1.165) is 22.6 Å². The Hall–Kier alpha value is -2.28. The van der Waals surface area contributed by atoms with Crippen LogP contribution in [0.2, 0.25) is 0 Å². The largest absolute Gasteiger partial charge is 0.359 e. The summed E-state index contributed by atoms with van der Waals surface area (Å²) in [6.45, 7) is 2.21. The highest BCUT2D eigenvalue weighted by molar-refractivity contribution is 7.99. The molecule has 0 radical (unpaired) electrons. The van der Waals surface area contributed by atoms with Crippen LogP contribution in [-0.4, -0.2) is 26.8 Å². The van der Waals surface area contributed by atoms with Crippen molar-refractivity contribution in [3.05, 3.63) is 47.6 Å². The number of aromatic nitrogens is 3. The molecule has 0 spiro atoms. The predicted octanol–water partition coefficient (Wildman–Crippen LogP) is 2.41. The molecule has 6 nitrogen and oxygen atoms in total. The van der Waals surface area contributed by atoms with Gasteiger partial charge in [-0.15, -0.1) is 11.8 Å². The van der Waals surface area contributed by atoms with Crippen LogP contribution in [0.3, 0.4) is 0 Å². The van der Waals surface area contributed by atoms with E-state index in [9.17, 15) is 4.79 Å². The van der Waals surface area contributed by atoms with Crippen LogP contribution in [0.25, 0.3) is 11.0 Å². The molecule has 2 aromatic heterocycles. The van der Waals surface area contributed by atoms with Crippen molar-refractivity contribution >= 4 is 28.7 Å². The molecule has 0 atom stereocenters. The number of para-hydroxylation sites is 2. The second-order valence-corrected chi connectivity index (χ2v) is 5.89. The second-order valence-electron chi connectivity index (χ2n) is 4.90. The summed E-state index contributed by atoms with van der Waals surface area (Å²) >= 11 is 1.52. The lowest BCUT2D eigenvalue weighted by atomic mass is 10.3. The van der Waals surface area contributed by atoms with Crippen molar-refractivity contribution in [2.75, 3.05) is 5.75 Å². The van der Waals surface area contributed by atoms with Gasteiger partial charge in [0.1, 0.15) is 5.82 Å². The number of H-pyrrole nitrogens is 1. The van der Waals surface area contributed by atoms with Crippen LogP contribution in [0.1, 0.15) is 17.3 Å². The molecule has 0 fully saturated rings. The minimum Gasteiger partial charge on any atom is -0.359 e. The van der Waals surface area contributed by atoms with E-state index in [2.05, 4.69) is 20.4 Å². The van der Waals surface area contributed by atoms with E-state index in [1.807, 2.05) is 37.3 Å². The molecular formula is C15H16N4O2S. The Morgan fingerprint density at radius 2 is 2.27 bits per heavy atom. The van der Waals surface area contributed by atoms with E-state index in [4.69, 9.17) is 4.52 Å². The Balaban J connectivity index is 1.43. The number of benzene rings is 1. The maximum Gasteiger partial charge on any atom is 0.230 e. The summed E-state index contributed by atoms with van der Waals surface area (Å²) in [4.78, 5) is 19.5. The molecule has 0 bridgehead atoms. The van der Waals surface area contributed by atoms with Crippen molar-refractivity contribution in [3.63, 3.8) is 0 Å². The molecule has 3 aromatic rings. The van der Waals surface area contributed by atoms with Crippen molar-refractivity contribution in [2.24, 2.45) is 0 Å². The number of amides is 1. The monoisotopic (exact) mass is 316 g/mol. The zero-order valence-corrected chi connectivity index (χ0v) is 12.9. The van der Waals surface area contributed by atoms with E-state index < -0.39 is 0 Å². The Bertz CT molecular complexity index is 748. The summed E-state index contributed by atoms with van der Waals surface area (Å²) in [5.74, 6) is 2.56. The third-order valence-corrected chi connectivity index (χ3v) is 3.99. The van der Waals surface area contributed by atoms with Gasteiger partial charge in [0, 0.05) is 6.07 Å². The molecule has 0 unspecified atom stereocenters.